The number of aliphatic hydroxyl groups is 1. The highest BCUT2D eigenvalue weighted by molar-refractivity contribution is 8.01. The molecule has 0 amide bonds. The summed E-state index contributed by atoms with van der Waals surface area (Å²) in [5, 5.41) is 14.5. The molecule has 198 valence electrons. The van der Waals surface area contributed by atoms with Crippen LogP contribution in [0.1, 0.15) is 5.56 Å². The number of rotatable bonds is 7. The van der Waals surface area contributed by atoms with Crippen LogP contribution in [0.3, 0.4) is 0 Å². The van der Waals surface area contributed by atoms with Crippen LogP contribution in [0.4, 0.5) is 0 Å². The number of halogens is 1. The van der Waals surface area contributed by atoms with Crippen molar-refractivity contribution in [2.45, 2.75) is 6.61 Å². The normalized spacial score (nSPS) is 11.3. The maximum absolute atomic E-state index is 9.33. The summed E-state index contributed by atoms with van der Waals surface area (Å²) in [4.78, 5) is 0. The van der Waals surface area contributed by atoms with Crippen LogP contribution in [-0.4, -0.2) is 5.11 Å². The molecule has 8 heteroatoms. The van der Waals surface area contributed by atoms with Crippen LogP contribution in [0, 0.1) is 10.2 Å². The quantitative estimate of drug-likeness (QED) is 0.294. The molecule has 6 nitrogen and oxygen atoms in total. The maximum atomic E-state index is 9.33. The standard InChI is InChI=1S/C31H26O2P.ClHO4/c32-24-25-19-21-26(22-20-25)33-27-11-10-18-31(23-27)34(28-12-4-1-5-13-28,29-14-6-2-7-15-29)30-16-8-3-9-17-30;2-1(3,4)5/h1-23,32H,24H2;(H,2,3,4,5)/q+1;/p-1. The van der Waals surface area contributed by atoms with E-state index in [-0.39, 0.29) is 6.61 Å². The van der Waals surface area contributed by atoms with E-state index in [4.69, 9.17) is 23.4 Å². The second-order valence-electron chi connectivity index (χ2n) is 8.46. The van der Waals surface area contributed by atoms with Gasteiger partial charge in [-0.3, -0.25) is 0 Å². The third-order valence-electron chi connectivity index (χ3n) is 5.98. The first kappa shape index (κ1) is 28.4. The lowest BCUT2D eigenvalue weighted by Gasteiger charge is -2.27. The highest BCUT2D eigenvalue weighted by atomic mass is 35.7. The molecule has 0 spiro atoms. The van der Waals surface area contributed by atoms with Crippen LogP contribution in [0.5, 0.6) is 11.5 Å². The van der Waals surface area contributed by atoms with Crippen molar-refractivity contribution in [1.29, 1.82) is 0 Å². The molecule has 0 radical (unpaired) electrons. The lowest BCUT2D eigenvalue weighted by molar-refractivity contribution is -2.00. The Morgan fingerprint density at radius 1 is 0.513 bits per heavy atom. The van der Waals surface area contributed by atoms with Crippen LogP contribution in [0.25, 0.3) is 0 Å². The zero-order valence-corrected chi connectivity index (χ0v) is 22.5. The van der Waals surface area contributed by atoms with E-state index in [1.807, 2.05) is 30.3 Å². The minimum atomic E-state index is -4.94. The Morgan fingerprint density at radius 3 is 1.33 bits per heavy atom. The van der Waals surface area contributed by atoms with Crippen molar-refractivity contribution < 1.29 is 38.7 Å². The van der Waals surface area contributed by atoms with Gasteiger partial charge in [-0.1, -0.05) is 72.8 Å². The predicted molar refractivity (Wildman–Crippen MR) is 144 cm³/mol. The van der Waals surface area contributed by atoms with E-state index in [2.05, 4.69) is 109 Å². The Morgan fingerprint density at radius 2 is 0.923 bits per heavy atom. The van der Waals surface area contributed by atoms with Gasteiger partial charge in [0.15, 0.2) is 0 Å². The average molecular weight is 561 g/mol. The minimum absolute atomic E-state index is 0.0218. The van der Waals surface area contributed by atoms with E-state index in [0.29, 0.717) is 0 Å². The van der Waals surface area contributed by atoms with Gasteiger partial charge in [0, 0.05) is 6.07 Å². The molecule has 5 aromatic rings. The predicted octanol–water partition coefficient (Wildman–Crippen LogP) is 0.835. The van der Waals surface area contributed by atoms with Crippen molar-refractivity contribution in [3.05, 3.63) is 145 Å². The summed E-state index contributed by atoms with van der Waals surface area (Å²) in [6.45, 7) is 0.0218. The van der Waals surface area contributed by atoms with Crippen molar-refractivity contribution in [1.82, 2.24) is 0 Å². The Hall–Kier alpha value is -3.58. The molecule has 0 aromatic heterocycles. The Kier molecular flexibility index (Phi) is 9.46. The molecule has 0 heterocycles. The zero-order chi connectivity index (χ0) is 27.7. The highest BCUT2D eigenvalue weighted by Crippen LogP contribution is 2.54. The Labute approximate surface area is 230 Å². The summed E-state index contributed by atoms with van der Waals surface area (Å²) in [5.74, 6) is 1.54. The van der Waals surface area contributed by atoms with Gasteiger partial charge in [0.25, 0.3) is 0 Å². The fourth-order valence-electron chi connectivity index (χ4n) is 4.40. The van der Waals surface area contributed by atoms with Gasteiger partial charge in [-0.05, 0) is 66.2 Å². The average Bonchev–Trinajstić information content (AvgIpc) is 2.95. The molecule has 39 heavy (non-hydrogen) atoms. The molecular formula is C31H26ClO6P. The van der Waals surface area contributed by atoms with Gasteiger partial charge in [0.05, 0.1) is 6.61 Å². The first-order chi connectivity index (χ1) is 18.8. The largest absolute Gasteiger partial charge is 0.457 e. The third-order valence-corrected chi connectivity index (χ3v) is 10.2. The summed E-state index contributed by atoms with van der Waals surface area (Å²) < 4.78 is 40.2. The fourth-order valence-corrected chi connectivity index (χ4v) is 8.68. The molecule has 0 saturated heterocycles. The van der Waals surface area contributed by atoms with Crippen molar-refractivity contribution >= 4 is 28.5 Å². The Balaban J connectivity index is 0.000000648. The molecule has 0 saturated carbocycles. The molecule has 1 N–H and O–H groups in total. The maximum Gasteiger partial charge on any atom is 0.144 e. The summed E-state index contributed by atoms with van der Waals surface area (Å²) in [6, 6.07) is 48.5. The zero-order valence-electron chi connectivity index (χ0n) is 20.8. The van der Waals surface area contributed by atoms with Gasteiger partial charge in [0.1, 0.15) is 40.0 Å². The van der Waals surface area contributed by atoms with Gasteiger partial charge in [-0.2, -0.15) is 0 Å². The van der Waals surface area contributed by atoms with Crippen molar-refractivity contribution in [3.8, 4) is 11.5 Å². The van der Waals surface area contributed by atoms with E-state index in [1.165, 1.54) is 21.2 Å². The van der Waals surface area contributed by atoms with E-state index >= 15 is 0 Å². The lowest BCUT2D eigenvalue weighted by Crippen LogP contribution is -2.68. The van der Waals surface area contributed by atoms with Gasteiger partial charge < -0.3 is 9.84 Å². The molecular weight excluding hydrogens is 535 g/mol. The number of ether oxygens (including phenoxy) is 1. The van der Waals surface area contributed by atoms with E-state index in [0.717, 1.165) is 17.1 Å². The van der Waals surface area contributed by atoms with Gasteiger partial charge in [0.2, 0.25) is 0 Å². The molecule has 0 aliphatic rings. The molecule has 0 fully saturated rings. The van der Waals surface area contributed by atoms with Crippen molar-refractivity contribution in [2.24, 2.45) is 0 Å². The van der Waals surface area contributed by atoms with Gasteiger partial charge in [-0.25, -0.2) is 18.6 Å². The molecule has 0 aliphatic carbocycles. The van der Waals surface area contributed by atoms with Crippen LogP contribution < -0.4 is 44.6 Å². The second kappa shape index (κ2) is 13.0. The molecule has 0 unspecified atom stereocenters. The topological polar surface area (TPSA) is 122 Å². The van der Waals surface area contributed by atoms with E-state index < -0.39 is 17.5 Å². The van der Waals surface area contributed by atoms with Gasteiger partial charge >= 0.3 is 0 Å². The fraction of sp³-hybridized carbons (Fsp3) is 0.0323. The Bertz CT molecular complexity index is 1340. The van der Waals surface area contributed by atoms with Crippen molar-refractivity contribution in [2.75, 3.05) is 0 Å². The number of hydrogen-bond donors (Lipinski definition) is 1. The molecule has 5 rings (SSSR count). The smallest absolute Gasteiger partial charge is 0.144 e. The molecule has 0 aliphatic heterocycles. The SMILES string of the molecule is OCc1ccc(Oc2cccc([P+](c3ccccc3)(c3ccccc3)c3ccccc3)c2)cc1.[O-][Cl+3]([O-])([O-])[O-]. The number of aliphatic hydroxyl groups excluding tert-OH is 1. The lowest BCUT2D eigenvalue weighted by atomic mass is 10.2. The third kappa shape index (κ3) is 7.30. The van der Waals surface area contributed by atoms with E-state index in [1.54, 1.807) is 0 Å². The monoisotopic (exact) mass is 560 g/mol. The number of hydrogen-bond acceptors (Lipinski definition) is 6. The first-order valence-electron chi connectivity index (χ1n) is 12.0. The van der Waals surface area contributed by atoms with Crippen LogP contribution in [-0.2, 0) is 6.61 Å². The highest BCUT2D eigenvalue weighted by Gasteiger charge is 2.47. The molecule has 0 atom stereocenters. The summed E-state index contributed by atoms with van der Waals surface area (Å²) >= 11 is 0. The van der Waals surface area contributed by atoms with Crippen LogP contribution >= 0.6 is 7.26 Å². The minimum Gasteiger partial charge on any atom is -0.457 e. The molecule has 5 aromatic carbocycles. The summed E-state index contributed by atoms with van der Waals surface area (Å²) in [7, 11) is -7.11. The summed E-state index contributed by atoms with van der Waals surface area (Å²) in [6.07, 6.45) is 0. The van der Waals surface area contributed by atoms with Gasteiger partial charge in [-0.15, -0.1) is 10.2 Å². The van der Waals surface area contributed by atoms with Crippen LogP contribution in [0.15, 0.2) is 140 Å². The van der Waals surface area contributed by atoms with E-state index in [9.17, 15) is 5.11 Å². The van der Waals surface area contributed by atoms with Crippen molar-refractivity contribution in [3.63, 3.8) is 0 Å². The number of benzene rings is 5. The first-order valence-corrected chi connectivity index (χ1v) is 15.0. The second-order valence-corrected chi connectivity index (χ2v) is 12.6. The molecule has 0 bridgehead atoms. The van der Waals surface area contributed by atoms with Crippen LogP contribution in [0.2, 0.25) is 0 Å². The summed E-state index contributed by atoms with van der Waals surface area (Å²) in [5.41, 5.74) is 0.864.